The number of rotatable bonds is 9. The monoisotopic (exact) mass is 445 g/mol. The van der Waals surface area contributed by atoms with E-state index in [-0.39, 0.29) is 18.4 Å². The van der Waals surface area contributed by atoms with Crippen molar-refractivity contribution in [2.75, 3.05) is 11.9 Å². The quantitative estimate of drug-likeness (QED) is 0.387. The number of hydrogen-bond donors (Lipinski definition) is 3. The zero-order valence-corrected chi connectivity index (χ0v) is 16.8. The van der Waals surface area contributed by atoms with Gasteiger partial charge in [-0.05, 0) is 31.2 Å². The molecule has 2 aromatic carbocycles. The van der Waals surface area contributed by atoms with Crippen LogP contribution in [0.25, 0.3) is 0 Å². The summed E-state index contributed by atoms with van der Waals surface area (Å²) in [7, 11) is 0. The highest BCUT2D eigenvalue weighted by Crippen LogP contribution is 2.22. The van der Waals surface area contributed by atoms with Crippen LogP contribution in [-0.2, 0) is 9.59 Å². The van der Waals surface area contributed by atoms with Crippen molar-refractivity contribution in [1.29, 1.82) is 0 Å². The van der Waals surface area contributed by atoms with E-state index in [1.807, 2.05) is 17.8 Å². The second kappa shape index (κ2) is 11.0. The Morgan fingerprint density at radius 3 is 1.97 bits per heavy atom. The normalized spacial score (nSPS) is 10.0. The van der Waals surface area contributed by atoms with E-state index < -0.39 is 38.9 Å². The number of nitro benzene ring substituents is 2. The number of anilines is 1. The smallest absolute Gasteiger partial charge is 0.277 e. The Morgan fingerprint density at radius 1 is 0.875 bits per heavy atom. The average Bonchev–Trinajstić information content (AvgIpc) is 2.77. The van der Waals surface area contributed by atoms with Crippen LogP contribution < -0.4 is 20.9 Å². The molecule has 0 aliphatic rings. The highest BCUT2D eigenvalue weighted by molar-refractivity contribution is 5.97. The predicted octanol–water partition coefficient (Wildman–Crippen LogP) is 2.08. The van der Waals surface area contributed by atoms with Crippen LogP contribution in [0.4, 0.5) is 17.1 Å². The second-order valence-electron chi connectivity index (χ2n) is 6.26. The summed E-state index contributed by atoms with van der Waals surface area (Å²) in [6.45, 7) is 2.35. The molecule has 0 radical (unpaired) electrons. The third kappa shape index (κ3) is 7.05. The fourth-order valence-electron chi connectivity index (χ4n) is 2.45. The summed E-state index contributed by atoms with van der Waals surface area (Å²) in [5.74, 6) is -1.50. The fourth-order valence-corrected chi connectivity index (χ4v) is 2.45. The molecule has 0 fully saturated rings. The molecule has 2 aromatic rings. The molecule has 2 rings (SSSR count). The second-order valence-corrected chi connectivity index (χ2v) is 6.26. The average molecular weight is 445 g/mol. The van der Waals surface area contributed by atoms with Crippen molar-refractivity contribution < 1.29 is 29.0 Å². The summed E-state index contributed by atoms with van der Waals surface area (Å²) in [6.07, 6.45) is -0.449. The minimum Gasteiger partial charge on any atom is -0.494 e. The number of benzene rings is 2. The number of ether oxygens (including phenoxy) is 1. The fraction of sp³-hybridized carbons (Fsp3) is 0.211. The van der Waals surface area contributed by atoms with E-state index in [0.29, 0.717) is 24.1 Å². The minimum atomic E-state index is -0.996. The van der Waals surface area contributed by atoms with Gasteiger partial charge in [0, 0.05) is 30.7 Å². The van der Waals surface area contributed by atoms with Gasteiger partial charge in [-0.2, -0.15) is 0 Å². The Hall–Kier alpha value is -4.55. The van der Waals surface area contributed by atoms with Crippen LogP contribution in [0.2, 0.25) is 0 Å². The van der Waals surface area contributed by atoms with Crippen molar-refractivity contribution in [3.63, 3.8) is 0 Å². The Kier molecular flexibility index (Phi) is 8.16. The number of amides is 3. The molecule has 0 unspecified atom stereocenters. The van der Waals surface area contributed by atoms with Crippen LogP contribution in [-0.4, -0.2) is 34.2 Å². The summed E-state index contributed by atoms with van der Waals surface area (Å²) in [6, 6.07) is 9.01. The first kappa shape index (κ1) is 23.7. The zero-order valence-electron chi connectivity index (χ0n) is 16.8. The predicted molar refractivity (Wildman–Crippen MR) is 111 cm³/mol. The van der Waals surface area contributed by atoms with Crippen LogP contribution in [0.3, 0.4) is 0 Å². The highest BCUT2D eigenvalue weighted by atomic mass is 16.6. The van der Waals surface area contributed by atoms with Gasteiger partial charge < -0.3 is 10.1 Å². The maximum absolute atomic E-state index is 12.1. The van der Waals surface area contributed by atoms with Gasteiger partial charge in [-0.25, -0.2) is 0 Å². The highest BCUT2D eigenvalue weighted by Gasteiger charge is 2.20. The van der Waals surface area contributed by atoms with E-state index in [2.05, 4.69) is 5.32 Å². The molecular formula is C19H19N5O8. The van der Waals surface area contributed by atoms with E-state index in [4.69, 9.17) is 4.74 Å². The molecule has 13 heteroatoms. The number of non-ortho nitro benzene ring substituents is 2. The number of carbonyl (C=O) groups excluding carboxylic acids is 3. The van der Waals surface area contributed by atoms with Gasteiger partial charge in [0.15, 0.2) is 0 Å². The van der Waals surface area contributed by atoms with E-state index in [9.17, 15) is 34.6 Å². The van der Waals surface area contributed by atoms with Gasteiger partial charge in [0.05, 0.1) is 28.1 Å². The van der Waals surface area contributed by atoms with Crippen molar-refractivity contribution in [1.82, 2.24) is 10.9 Å². The van der Waals surface area contributed by atoms with Crippen LogP contribution >= 0.6 is 0 Å². The number of hydrazine groups is 1. The molecule has 0 heterocycles. The molecule has 3 N–H and O–H groups in total. The maximum atomic E-state index is 12.1. The molecule has 168 valence electrons. The molecule has 13 nitrogen and oxygen atoms in total. The Bertz CT molecular complexity index is 1010. The zero-order chi connectivity index (χ0) is 23.7. The molecule has 3 amide bonds. The lowest BCUT2D eigenvalue weighted by Crippen LogP contribution is -2.41. The summed E-state index contributed by atoms with van der Waals surface area (Å²) in [5, 5.41) is 24.4. The Labute approximate surface area is 181 Å². The third-order valence-corrected chi connectivity index (χ3v) is 3.93. The van der Waals surface area contributed by atoms with Crippen molar-refractivity contribution in [2.45, 2.75) is 19.8 Å². The number of nitro groups is 2. The van der Waals surface area contributed by atoms with Gasteiger partial charge in [-0.1, -0.05) is 0 Å². The number of carbonyl (C=O) groups is 3. The lowest BCUT2D eigenvalue weighted by atomic mass is 10.1. The molecule has 0 saturated carbocycles. The SMILES string of the molecule is CCOc1ccc(NC(=O)CCC(=O)NNC(=O)c2cc([N+](=O)[O-])cc([N+](=O)[O-])c2)cc1. The number of nitrogens with zero attached hydrogens (tertiary/aromatic N) is 2. The molecule has 0 aliphatic carbocycles. The topological polar surface area (TPSA) is 183 Å². The lowest BCUT2D eigenvalue weighted by Gasteiger charge is -2.09. The summed E-state index contributed by atoms with van der Waals surface area (Å²) in [4.78, 5) is 55.9. The standard InChI is InChI=1S/C19H19N5O8/c1-2-32-16-5-3-13(4-6-16)20-17(25)7-8-18(26)21-22-19(27)12-9-14(23(28)29)11-15(10-12)24(30)31/h3-6,9-11H,2,7-8H2,1H3,(H,20,25)(H,21,26)(H,22,27). The van der Waals surface area contributed by atoms with Crippen LogP contribution in [0.1, 0.15) is 30.1 Å². The molecule has 0 aliphatic heterocycles. The number of hydrogen-bond acceptors (Lipinski definition) is 8. The van der Waals surface area contributed by atoms with E-state index >= 15 is 0 Å². The van der Waals surface area contributed by atoms with Crippen LogP contribution in [0, 0.1) is 20.2 Å². The minimum absolute atomic E-state index is 0.183. The van der Waals surface area contributed by atoms with Crippen molar-refractivity contribution >= 4 is 34.8 Å². The Balaban J connectivity index is 1.84. The first-order valence-electron chi connectivity index (χ1n) is 9.25. The maximum Gasteiger partial charge on any atom is 0.277 e. The molecule has 0 aromatic heterocycles. The van der Waals surface area contributed by atoms with Crippen LogP contribution in [0.5, 0.6) is 5.75 Å². The molecule has 0 atom stereocenters. The van der Waals surface area contributed by atoms with E-state index in [0.717, 1.165) is 12.1 Å². The summed E-state index contributed by atoms with van der Waals surface area (Å²) < 4.78 is 5.29. The third-order valence-electron chi connectivity index (χ3n) is 3.93. The summed E-state index contributed by atoms with van der Waals surface area (Å²) >= 11 is 0. The molecule has 32 heavy (non-hydrogen) atoms. The first-order valence-corrected chi connectivity index (χ1v) is 9.25. The van der Waals surface area contributed by atoms with Gasteiger partial charge in [0.1, 0.15) is 5.75 Å². The van der Waals surface area contributed by atoms with Gasteiger partial charge in [0.25, 0.3) is 17.3 Å². The van der Waals surface area contributed by atoms with Gasteiger partial charge >= 0.3 is 0 Å². The molecular weight excluding hydrogens is 426 g/mol. The molecule has 0 bridgehead atoms. The van der Waals surface area contributed by atoms with E-state index in [1.165, 1.54) is 0 Å². The van der Waals surface area contributed by atoms with Gasteiger partial charge in [-0.15, -0.1) is 0 Å². The lowest BCUT2D eigenvalue weighted by molar-refractivity contribution is -0.394. The first-order chi connectivity index (χ1) is 15.2. The largest absolute Gasteiger partial charge is 0.494 e. The van der Waals surface area contributed by atoms with Crippen molar-refractivity contribution in [2.24, 2.45) is 0 Å². The number of nitrogens with one attached hydrogen (secondary N) is 3. The van der Waals surface area contributed by atoms with Crippen molar-refractivity contribution in [3.05, 3.63) is 68.3 Å². The summed E-state index contributed by atoms with van der Waals surface area (Å²) in [5.41, 5.74) is 2.86. The molecule has 0 saturated heterocycles. The van der Waals surface area contributed by atoms with Crippen LogP contribution in [0.15, 0.2) is 42.5 Å². The van der Waals surface area contributed by atoms with Crippen molar-refractivity contribution in [3.8, 4) is 5.75 Å². The Morgan fingerprint density at radius 2 is 1.44 bits per heavy atom. The van der Waals surface area contributed by atoms with E-state index in [1.54, 1.807) is 24.3 Å². The van der Waals surface area contributed by atoms with Gasteiger partial charge in [0.2, 0.25) is 11.8 Å². The molecule has 0 spiro atoms. The van der Waals surface area contributed by atoms with Gasteiger partial charge in [-0.3, -0.25) is 45.5 Å².